The number of hydrogen-bond acceptors (Lipinski definition) is 6. The molecule has 1 aliphatic rings. The van der Waals surface area contributed by atoms with Gasteiger partial charge in [-0.15, -0.1) is 0 Å². The highest BCUT2D eigenvalue weighted by Gasteiger charge is 2.30. The molecule has 21 heavy (non-hydrogen) atoms. The van der Waals surface area contributed by atoms with Crippen molar-refractivity contribution in [2.75, 3.05) is 30.0 Å². The first kappa shape index (κ1) is 15.6. The third kappa shape index (κ3) is 3.66. The van der Waals surface area contributed by atoms with Gasteiger partial charge in [0, 0.05) is 6.54 Å². The number of hydrogen-bond donors (Lipinski definition) is 2. The molecule has 1 unspecified atom stereocenters. The Morgan fingerprint density at radius 3 is 2.86 bits per heavy atom. The van der Waals surface area contributed by atoms with E-state index in [2.05, 4.69) is 5.32 Å². The molecule has 0 bridgehead atoms. The summed E-state index contributed by atoms with van der Waals surface area (Å²) in [7, 11) is -3.00. The van der Waals surface area contributed by atoms with E-state index < -0.39 is 15.8 Å². The van der Waals surface area contributed by atoms with Crippen LogP contribution in [0.2, 0.25) is 0 Å². The summed E-state index contributed by atoms with van der Waals surface area (Å²) in [5.41, 5.74) is 7.27. The number of sulfone groups is 1. The Morgan fingerprint density at radius 2 is 2.24 bits per heavy atom. The number of nitrogens with two attached hydrogens (primary N) is 1. The molecule has 2 rings (SSSR count). The van der Waals surface area contributed by atoms with Crippen molar-refractivity contribution >= 4 is 27.2 Å². The molecule has 6 nitrogen and oxygen atoms in total. The predicted octanol–water partition coefficient (Wildman–Crippen LogP) is 1.43. The lowest BCUT2D eigenvalue weighted by molar-refractivity contribution is 0.0526. The number of benzene rings is 1. The van der Waals surface area contributed by atoms with Crippen molar-refractivity contribution in [3.05, 3.63) is 23.8 Å². The van der Waals surface area contributed by atoms with E-state index in [1.807, 2.05) is 0 Å². The van der Waals surface area contributed by atoms with E-state index in [1.54, 1.807) is 25.1 Å². The molecule has 1 aromatic rings. The monoisotopic (exact) mass is 312 g/mol. The lowest BCUT2D eigenvalue weighted by Gasteiger charge is -2.14. The predicted molar refractivity (Wildman–Crippen MR) is 82.1 cm³/mol. The van der Waals surface area contributed by atoms with Gasteiger partial charge < -0.3 is 15.8 Å². The van der Waals surface area contributed by atoms with E-state index in [0.717, 1.165) is 0 Å². The molecule has 1 fully saturated rings. The summed E-state index contributed by atoms with van der Waals surface area (Å²) in [6.07, 6.45) is 1.36. The molecule has 1 aliphatic heterocycles. The van der Waals surface area contributed by atoms with Gasteiger partial charge in [-0.05, 0) is 38.0 Å². The van der Waals surface area contributed by atoms with Crippen molar-refractivity contribution in [3.8, 4) is 0 Å². The maximum Gasteiger partial charge on any atom is 0.338 e. The molecule has 116 valence electrons. The fourth-order valence-electron chi connectivity index (χ4n) is 2.36. The fraction of sp³-hybridized carbons (Fsp3) is 0.500. The van der Waals surface area contributed by atoms with E-state index in [9.17, 15) is 13.2 Å². The number of rotatable bonds is 5. The molecule has 0 aromatic heterocycles. The van der Waals surface area contributed by atoms with Crippen LogP contribution < -0.4 is 11.1 Å². The zero-order chi connectivity index (χ0) is 15.5. The molecule has 0 radical (unpaired) electrons. The summed E-state index contributed by atoms with van der Waals surface area (Å²) in [6.45, 7) is 2.34. The highest BCUT2D eigenvalue weighted by atomic mass is 32.2. The van der Waals surface area contributed by atoms with Crippen LogP contribution in [0.1, 0.15) is 30.1 Å². The Morgan fingerprint density at radius 1 is 1.48 bits per heavy atom. The van der Waals surface area contributed by atoms with E-state index in [1.165, 1.54) is 0 Å². The summed E-state index contributed by atoms with van der Waals surface area (Å²) in [5.74, 6) is -0.174. The van der Waals surface area contributed by atoms with Crippen LogP contribution in [-0.4, -0.2) is 38.5 Å². The SMILES string of the molecule is CCOC(=O)c1ccc(N)c(NCC2CCCS2(=O)=O)c1. The summed E-state index contributed by atoms with van der Waals surface area (Å²) >= 11 is 0. The molecule has 0 spiro atoms. The van der Waals surface area contributed by atoms with Crippen LogP contribution in [0.5, 0.6) is 0 Å². The maximum absolute atomic E-state index is 11.8. The first-order valence-electron chi connectivity index (χ1n) is 6.96. The van der Waals surface area contributed by atoms with Crippen molar-refractivity contribution < 1.29 is 17.9 Å². The van der Waals surface area contributed by atoms with Gasteiger partial charge in [-0.3, -0.25) is 0 Å². The van der Waals surface area contributed by atoms with Gasteiger partial charge in [0.05, 0.1) is 34.5 Å². The van der Waals surface area contributed by atoms with Crippen LogP contribution in [0.3, 0.4) is 0 Å². The van der Waals surface area contributed by atoms with Crippen LogP contribution in [0.4, 0.5) is 11.4 Å². The number of carbonyl (C=O) groups excluding carboxylic acids is 1. The van der Waals surface area contributed by atoms with E-state index in [-0.39, 0.29) is 11.0 Å². The molecule has 0 aliphatic carbocycles. The van der Waals surface area contributed by atoms with Gasteiger partial charge in [-0.1, -0.05) is 0 Å². The van der Waals surface area contributed by atoms with E-state index in [4.69, 9.17) is 10.5 Å². The van der Waals surface area contributed by atoms with Crippen LogP contribution in [0, 0.1) is 0 Å². The Balaban J connectivity index is 2.09. The molecule has 1 atom stereocenters. The second kappa shape index (κ2) is 6.34. The molecule has 1 saturated heterocycles. The zero-order valence-corrected chi connectivity index (χ0v) is 12.8. The Bertz CT molecular complexity index is 628. The summed E-state index contributed by atoms with van der Waals surface area (Å²) in [6, 6.07) is 4.79. The number of esters is 1. The fourth-order valence-corrected chi connectivity index (χ4v) is 4.13. The quantitative estimate of drug-likeness (QED) is 0.630. The molecular formula is C14H20N2O4S. The maximum atomic E-state index is 11.8. The van der Waals surface area contributed by atoms with E-state index >= 15 is 0 Å². The minimum absolute atomic E-state index is 0.248. The molecule has 7 heteroatoms. The van der Waals surface area contributed by atoms with Crippen molar-refractivity contribution in [3.63, 3.8) is 0 Å². The van der Waals surface area contributed by atoms with Crippen LogP contribution >= 0.6 is 0 Å². The summed E-state index contributed by atoms with van der Waals surface area (Å²) in [5, 5.41) is 2.65. The molecule has 1 heterocycles. The van der Waals surface area contributed by atoms with E-state index in [0.29, 0.717) is 42.9 Å². The van der Waals surface area contributed by atoms with Gasteiger partial charge in [0.15, 0.2) is 9.84 Å². The number of nitrogens with one attached hydrogen (secondary N) is 1. The second-order valence-corrected chi connectivity index (χ2v) is 7.44. The zero-order valence-electron chi connectivity index (χ0n) is 12.0. The second-order valence-electron chi connectivity index (χ2n) is 5.03. The topological polar surface area (TPSA) is 98.5 Å². The first-order chi connectivity index (χ1) is 9.94. The highest BCUT2D eigenvalue weighted by molar-refractivity contribution is 7.92. The number of anilines is 2. The Hall–Kier alpha value is -1.76. The molecule has 3 N–H and O–H groups in total. The Kier molecular flexibility index (Phi) is 4.72. The lowest BCUT2D eigenvalue weighted by Crippen LogP contribution is -2.25. The van der Waals surface area contributed by atoms with Gasteiger partial charge >= 0.3 is 5.97 Å². The third-order valence-electron chi connectivity index (χ3n) is 3.55. The van der Waals surface area contributed by atoms with Crippen molar-refractivity contribution in [2.45, 2.75) is 25.0 Å². The summed E-state index contributed by atoms with van der Waals surface area (Å²) in [4.78, 5) is 11.7. The van der Waals surface area contributed by atoms with Crippen LogP contribution in [0.25, 0.3) is 0 Å². The third-order valence-corrected chi connectivity index (χ3v) is 5.82. The minimum Gasteiger partial charge on any atom is -0.462 e. The smallest absolute Gasteiger partial charge is 0.338 e. The summed E-state index contributed by atoms with van der Waals surface area (Å²) < 4.78 is 28.5. The molecule has 1 aromatic carbocycles. The largest absolute Gasteiger partial charge is 0.462 e. The average Bonchev–Trinajstić information content (AvgIpc) is 2.77. The number of ether oxygens (including phenoxy) is 1. The average molecular weight is 312 g/mol. The standard InChI is InChI=1S/C14H20N2O4S/c1-2-20-14(17)10-5-6-12(15)13(8-10)16-9-11-4-3-7-21(11,18)19/h5-6,8,11,16H,2-4,7,9,15H2,1H3. The van der Waals surface area contributed by atoms with Gasteiger partial charge in [0.1, 0.15) is 0 Å². The number of nitrogen functional groups attached to an aromatic ring is 1. The normalized spacial score (nSPS) is 20.1. The van der Waals surface area contributed by atoms with Crippen molar-refractivity contribution in [1.82, 2.24) is 0 Å². The van der Waals surface area contributed by atoms with Crippen molar-refractivity contribution in [1.29, 1.82) is 0 Å². The minimum atomic E-state index is -3.00. The van der Waals surface area contributed by atoms with Crippen LogP contribution in [-0.2, 0) is 14.6 Å². The first-order valence-corrected chi connectivity index (χ1v) is 8.67. The van der Waals surface area contributed by atoms with Gasteiger partial charge in [-0.2, -0.15) is 0 Å². The van der Waals surface area contributed by atoms with Gasteiger partial charge in [0.2, 0.25) is 0 Å². The van der Waals surface area contributed by atoms with Gasteiger partial charge in [-0.25, -0.2) is 13.2 Å². The Labute approximate surface area is 124 Å². The molecule has 0 amide bonds. The number of carbonyl (C=O) groups is 1. The molecular weight excluding hydrogens is 292 g/mol. The highest BCUT2D eigenvalue weighted by Crippen LogP contribution is 2.24. The molecule has 0 saturated carbocycles. The van der Waals surface area contributed by atoms with Gasteiger partial charge in [0.25, 0.3) is 0 Å². The van der Waals surface area contributed by atoms with Crippen molar-refractivity contribution in [2.24, 2.45) is 0 Å². The van der Waals surface area contributed by atoms with Crippen LogP contribution in [0.15, 0.2) is 18.2 Å². The lowest BCUT2D eigenvalue weighted by atomic mass is 10.1.